The number of aromatic nitrogens is 2. The summed E-state index contributed by atoms with van der Waals surface area (Å²) in [5, 5.41) is 4.57. The van der Waals surface area contributed by atoms with E-state index in [1.807, 2.05) is 19.9 Å². The summed E-state index contributed by atoms with van der Waals surface area (Å²) in [7, 11) is -3.60. The topological polar surface area (TPSA) is 85.1 Å². The Hall–Kier alpha value is -2.25. The van der Waals surface area contributed by atoms with Crippen molar-refractivity contribution < 1.29 is 12.9 Å². The Morgan fingerprint density at radius 3 is 2.71 bits per heavy atom. The highest BCUT2D eigenvalue weighted by Gasteiger charge is 2.29. The average Bonchev–Trinajstić information content (AvgIpc) is 3.29. The lowest BCUT2D eigenvalue weighted by Crippen LogP contribution is -2.26. The van der Waals surface area contributed by atoms with Gasteiger partial charge < -0.3 is 4.52 Å². The van der Waals surface area contributed by atoms with Crippen LogP contribution in [-0.4, -0.2) is 24.6 Å². The largest absolute Gasteiger partial charge is 0.361 e. The van der Waals surface area contributed by atoms with E-state index in [1.54, 1.807) is 24.4 Å². The van der Waals surface area contributed by atoms with Gasteiger partial charge in [-0.2, -0.15) is 0 Å². The molecule has 1 aliphatic carbocycles. The number of hydrogen-bond donors (Lipinski definition) is 1. The zero-order chi connectivity index (χ0) is 16.9. The molecular weight excluding hydrogens is 326 g/mol. The van der Waals surface area contributed by atoms with Crippen LogP contribution in [0, 0.1) is 13.8 Å². The molecule has 0 spiro atoms. The fourth-order valence-corrected chi connectivity index (χ4v) is 4.44. The quantitative estimate of drug-likeness (QED) is 0.787. The van der Waals surface area contributed by atoms with Gasteiger partial charge in [-0.1, -0.05) is 5.16 Å². The minimum absolute atomic E-state index is 0.0458. The average molecular weight is 343 g/mol. The summed E-state index contributed by atoms with van der Waals surface area (Å²) in [6, 6.07) is 7.12. The first-order valence-electron chi connectivity index (χ1n) is 7.80. The fraction of sp³-hybridized carbons (Fsp3) is 0.294. The lowest BCUT2D eigenvalue weighted by molar-refractivity contribution is 0.393. The molecule has 0 amide bonds. The van der Waals surface area contributed by atoms with Crippen LogP contribution in [0.4, 0.5) is 0 Å². The molecule has 0 aliphatic heterocycles. The molecule has 0 bridgehead atoms. The molecule has 1 aliphatic rings. The number of pyridine rings is 1. The molecule has 124 valence electrons. The molecule has 1 fully saturated rings. The molecule has 1 saturated carbocycles. The molecular formula is C17H17N3O3S. The van der Waals surface area contributed by atoms with E-state index in [1.165, 1.54) is 0 Å². The van der Waals surface area contributed by atoms with Gasteiger partial charge in [-0.15, -0.1) is 0 Å². The lowest BCUT2D eigenvalue weighted by Gasteiger charge is -2.11. The Morgan fingerprint density at radius 2 is 2.04 bits per heavy atom. The van der Waals surface area contributed by atoms with Crippen LogP contribution in [0.1, 0.15) is 24.3 Å². The standard InChI is InChI=1S/C17H17N3O3S/c1-10-17(11(2)23-19-10)12-8-15-14(4-3-7-18-15)16(9-12)24(21,22)20-13-5-6-13/h3-4,7-9,13,20H,5-6H2,1-2H3. The van der Waals surface area contributed by atoms with E-state index < -0.39 is 10.0 Å². The van der Waals surface area contributed by atoms with Crippen LogP contribution in [0.5, 0.6) is 0 Å². The van der Waals surface area contributed by atoms with Gasteiger partial charge in [0.25, 0.3) is 0 Å². The minimum atomic E-state index is -3.60. The van der Waals surface area contributed by atoms with Crippen molar-refractivity contribution in [1.82, 2.24) is 14.9 Å². The Bertz CT molecular complexity index is 1020. The lowest BCUT2D eigenvalue weighted by atomic mass is 10.0. The normalized spacial score (nSPS) is 15.1. The van der Waals surface area contributed by atoms with Crippen molar-refractivity contribution >= 4 is 20.9 Å². The fourth-order valence-electron chi connectivity index (χ4n) is 2.89. The predicted molar refractivity (Wildman–Crippen MR) is 90.1 cm³/mol. The SMILES string of the molecule is Cc1noc(C)c1-c1cc(S(=O)(=O)NC2CC2)c2cccnc2c1. The molecule has 4 rings (SSSR count). The van der Waals surface area contributed by atoms with Gasteiger partial charge in [0.1, 0.15) is 5.76 Å². The van der Waals surface area contributed by atoms with Gasteiger partial charge in [0.05, 0.1) is 16.1 Å². The number of nitrogens with one attached hydrogen (secondary N) is 1. The summed E-state index contributed by atoms with van der Waals surface area (Å²) >= 11 is 0. The van der Waals surface area contributed by atoms with Gasteiger partial charge in [-0.3, -0.25) is 4.98 Å². The summed E-state index contributed by atoms with van der Waals surface area (Å²) < 4.78 is 33.6. The maximum absolute atomic E-state index is 12.8. The van der Waals surface area contributed by atoms with Crippen molar-refractivity contribution in [2.75, 3.05) is 0 Å². The van der Waals surface area contributed by atoms with Gasteiger partial charge in [-0.05, 0) is 56.5 Å². The highest BCUT2D eigenvalue weighted by Crippen LogP contribution is 2.33. The Morgan fingerprint density at radius 1 is 1.25 bits per heavy atom. The van der Waals surface area contributed by atoms with Crippen molar-refractivity contribution in [2.24, 2.45) is 0 Å². The second kappa shape index (κ2) is 5.39. The molecule has 0 atom stereocenters. The first-order chi connectivity index (χ1) is 11.5. The summed E-state index contributed by atoms with van der Waals surface area (Å²) in [6.07, 6.45) is 3.43. The molecule has 24 heavy (non-hydrogen) atoms. The van der Waals surface area contributed by atoms with Gasteiger partial charge in [0, 0.05) is 23.2 Å². The van der Waals surface area contributed by atoms with E-state index in [2.05, 4.69) is 14.9 Å². The Kier molecular flexibility index (Phi) is 3.43. The molecule has 6 nitrogen and oxygen atoms in total. The van der Waals surface area contributed by atoms with Crippen molar-refractivity contribution in [3.63, 3.8) is 0 Å². The molecule has 7 heteroatoms. The molecule has 0 saturated heterocycles. The van der Waals surface area contributed by atoms with Crippen LogP contribution >= 0.6 is 0 Å². The van der Waals surface area contributed by atoms with Crippen LogP contribution in [0.3, 0.4) is 0 Å². The van der Waals surface area contributed by atoms with Gasteiger partial charge in [0.15, 0.2) is 0 Å². The number of sulfonamides is 1. The third-order valence-corrected chi connectivity index (χ3v) is 5.75. The third-order valence-electron chi connectivity index (χ3n) is 4.19. The zero-order valence-electron chi connectivity index (χ0n) is 13.4. The number of benzene rings is 1. The van der Waals surface area contributed by atoms with E-state index in [-0.39, 0.29) is 10.9 Å². The van der Waals surface area contributed by atoms with Gasteiger partial charge in [0.2, 0.25) is 10.0 Å². The molecule has 3 aromatic rings. The second-order valence-electron chi connectivity index (χ2n) is 6.14. The number of nitrogens with zero attached hydrogens (tertiary/aromatic N) is 2. The summed E-state index contributed by atoms with van der Waals surface area (Å²) in [5.74, 6) is 0.654. The van der Waals surface area contributed by atoms with E-state index >= 15 is 0 Å². The third kappa shape index (κ3) is 2.59. The highest BCUT2D eigenvalue weighted by molar-refractivity contribution is 7.89. The first kappa shape index (κ1) is 15.3. The molecule has 0 unspecified atom stereocenters. The van der Waals surface area contributed by atoms with Gasteiger partial charge in [-0.25, -0.2) is 13.1 Å². The predicted octanol–water partition coefficient (Wildman–Crippen LogP) is 2.95. The van der Waals surface area contributed by atoms with Crippen LogP contribution in [0.2, 0.25) is 0 Å². The van der Waals surface area contributed by atoms with E-state index in [0.717, 1.165) is 29.7 Å². The van der Waals surface area contributed by atoms with Gasteiger partial charge >= 0.3 is 0 Å². The Balaban J connectivity index is 1.98. The van der Waals surface area contributed by atoms with Crippen molar-refractivity contribution in [3.05, 3.63) is 41.9 Å². The number of aryl methyl sites for hydroxylation is 2. The van der Waals surface area contributed by atoms with Crippen LogP contribution in [0.15, 0.2) is 39.9 Å². The molecule has 2 aromatic heterocycles. The van der Waals surface area contributed by atoms with Crippen LogP contribution < -0.4 is 4.72 Å². The van der Waals surface area contributed by atoms with E-state index in [9.17, 15) is 8.42 Å². The molecule has 0 radical (unpaired) electrons. The van der Waals surface area contributed by atoms with E-state index in [4.69, 9.17) is 4.52 Å². The Labute approximate surface area is 139 Å². The maximum Gasteiger partial charge on any atom is 0.241 e. The highest BCUT2D eigenvalue weighted by atomic mass is 32.2. The number of fused-ring (bicyclic) bond motifs is 1. The molecule has 1 N–H and O–H groups in total. The number of hydrogen-bond acceptors (Lipinski definition) is 5. The monoisotopic (exact) mass is 343 g/mol. The van der Waals surface area contributed by atoms with Crippen LogP contribution in [0.25, 0.3) is 22.0 Å². The zero-order valence-corrected chi connectivity index (χ0v) is 14.2. The second-order valence-corrected chi connectivity index (χ2v) is 7.82. The number of rotatable bonds is 4. The van der Waals surface area contributed by atoms with Crippen LogP contribution in [-0.2, 0) is 10.0 Å². The summed E-state index contributed by atoms with van der Waals surface area (Å²) in [5.41, 5.74) is 2.91. The molecule has 1 aromatic carbocycles. The molecule has 2 heterocycles. The smallest absolute Gasteiger partial charge is 0.241 e. The minimum Gasteiger partial charge on any atom is -0.361 e. The first-order valence-corrected chi connectivity index (χ1v) is 9.28. The van der Waals surface area contributed by atoms with Crippen molar-refractivity contribution in [1.29, 1.82) is 0 Å². The van der Waals surface area contributed by atoms with E-state index in [0.29, 0.717) is 16.7 Å². The maximum atomic E-state index is 12.8. The van der Waals surface area contributed by atoms with Crippen molar-refractivity contribution in [2.45, 2.75) is 37.6 Å². The summed E-state index contributed by atoms with van der Waals surface area (Å²) in [4.78, 5) is 4.58. The summed E-state index contributed by atoms with van der Waals surface area (Å²) in [6.45, 7) is 3.65. The van der Waals surface area contributed by atoms with Crippen molar-refractivity contribution in [3.8, 4) is 11.1 Å².